The van der Waals surface area contributed by atoms with Crippen LogP contribution in [0, 0.1) is 0 Å². The van der Waals surface area contributed by atoms with Crippen LogP contribution in [-0.4, -0.2) is 91.6 Å². The summed E-state index contributed by atoms with van der Waals surface area (Å²) < 4.78 is 5.46. The van der Waals surface area contributed by atoms with Crippen molar-refractivity contribution in [3.8, 4) is 0 Å². The number of hydrogen-bond acceptors (Lipinski definition) is 12. The summed E-state index contributed by atoms with van der Waals surface area (Å²) in [7, 11) is 0. The molecule has 1 aromatic carbocycles. The van der Waals surface area contributed by atoms with E-state index in [2.05, 4.69) is 22.3 Å². The monoisotopic (exact) mass is 483 g/mol. The predicted octanol–water partition coefficient (Wildman–Crippen LogP) is -0.819. The molecule has 0 radical (unpaired) electrons. The van der Waals surface area contributed by atoms with Crippen molar-refractivity contribution in [2.24, 2.45) is 22.9 Å². The molecule has 5 rings (SSSR count). The molecule has 3 aliphatic rings. The minimum atomic E-state index is -0.0278. The number of morpholine rings is 1. The summed E-state index contributed by atoms with van der Waals surface area (Å²) in [6.45, 7) is 5.87. The lowest BCUT2D eigenvalue weighted by Gasteiger charge is -2.37. The first-order valence-electron chi connectivity index (χ1n) is 12.4. The minimum Gasteiger partial charge on any atom is -0.378 e. The summed E-state index contributed by atoms with van der Waals surface area (Å²) >= 11 is 0. The second kappa shape index (κ2) is 10.5. The molecule has 0 aliphatic carbocycles. The van der Waals surface area contributed by atoms with Gasteiger partial charge in [0.2, 0.25) is 17.8 Å². The molecule has 0 bridgehead atoms. The fraction of sp³-hybridized carbons (Fsp3) is 0.609. The maximum Gasteiger partial charge on any atom is 0.233 e. The average molecular weight is 484 g/mol. The van der Waals surface area contributed by atoms with Crippen LogP contribution in [0.15, 0.2) is 24.3 Å². The Bertz CT molecular complexity index is 920. The molecule has 12 nitrogen and oxygen atoms in total. The van der Waals surface area contributed by atoms with Gasteiger partial charge >= 0.3 is 0 Å². The van der Waals surface area contributed by atoms with Gasteiger partial charge in [-0.25, -0.2) is 0 Å². The van der Waals surface area contributed by atoms with Crippen LogP contribution in [-0.2, 0) is 4.74 Å². The van der Waals surface area contributed by atoms with Gasteiger partial charge in [0.15, 0.2) is 0 Å². The third-order valence-corrected chi connectivity index (χ3v) is 6.71. The lowest BCUT2D eigenvalue weighted by atomic mass is 10.0. The van der Waals surface area contributed by atoms with Gasteiger partial charge in [-0.2, -0.15) is 15.0 Å². The van der Waals surface area contributed by atoms with Gasteiger partial charge < -0.3 is 47.7 Å². The highest BCUT2D eigenvalue weighted by Crippen LogP contribution is 2.25. The van der Waals surface area contributed by atoms with Gasteiger partial charge in [-0.3, -0.25) is 0 Å². The molecule has 4 atom stereocenters. The highest BCUT2D eigenvalue weighted by atomic mass is 16.5. The van der Waals surface area contributed by atoms with E-state index in [9.17, 15) is 0 Å². The Morgan fingerprint density at radius 2 is 1.17 bits per heavy atom. The topological polar surface area (TPSA) is 174 Å². The number of nitrogens with one attached hydrogen (secondary N) is 1. The van der Waals surface area contributed by atoms with E-state index >= 15 is 0 Å². The highest BCUT2D eigenvalue weighted by Gasteiger charge is 2.28. The van der Waals surface area contributed by atoms with Gasteiger partial charge in [0.25, 0.3) is 0 Å². The number of nitrogens with two attached hydrogens (primary N) is 4. The van der Waals surface area contributed by atoms with Crippen molar-refractivity contribution in [2.75, 3.05) is 72.5 Å². The quantitative estimate of drug-likeness (QED) is 0.358. The maximum absolute atomic E-state index is 6.24. The molecule has 12 heteroatoms. The second-order valence-corrected chi connectivity index (χ2v) is 9.85. The molecule has 0 saturated carbocycles. The fourth-order valence-electron chi connectivity index (χ4n) is 5.08. The Labute approximate surface area is 206 Å². The molecule has 190 valence electrons. The largest absolute Gasteiger partial charge is 0.378 e. The van der Waals surface area contributed by atoms with Crippen LogP contribution in [0.3, 0.4) is 0 Å². The van der Waals surface area contributed by atoms with E-state index in [1.54, 1.807) is 0 Å². The zero-order valence-corrected chi connectivity index (χ0v) is 20.1. The van der Waals surface area contributed by atoms with Crippen LogP contribution in [0.5, 0.6) is 0 Å². The van der Waals surface area contributed by atoms with Crippen LogP contribution in [0.4, 0.5) is 29.2 Å². The normalized spacial score (nSPS) is 27.7. The Morgan fingerprint density at radius 1 is 0.686 bits per heavy atom. The van der Waals surface area contributed by atoms with E-state index in [0.29, 0.717) is 44.0 Å². The molecule has 3 saturated heterocycles. The van der Waals surface area contributed by atoms with Crippen LogP contribution in [0.1, 0.15) is 12.8 Å². The molecular weight excluding hydrogens is 446 g/mol. The lowest BCUT2D eigenvalue weighted by Crippen LogP contribution is -2.54. The molecule has 3 aliphatic heterocycles. The number of ether oxygens (including phenoxy) is 1. The summed E-state index contributed by atoms with van der Waals surface area (Å²) in [6, 6.07) is 8.16. The van der Waals surface area contributed by atoms with Gasteiger partial charge in [-0.05, 0) is 37.1 Å². The van der Waals surface area contributed by atoms with E-state index in [4.69, 9.17) is 42.6 Å². The molecule has 2 aromatic rings. The number of aromatic nitrogens is 3. The van der Waals surface area contributed by atoms with Gasteiger partial charge in [0.05, 0.1) is 13.2 Å². The van der Waals surface area contributed by atoms with E-state index in [1.807, 2.05) is 21.9 Å². The lowest BCUT2D eigenvalue weighted by molar-refractivity contribution is 0.122. The van der Waals surface area contributed by atoms with Crippen molar-refractivity contribution in [1.82, 2.24) is 15.0 Å². The number of anilines is 5. The van der Waals surface area contributed by atoms with Crippen LogP contribution in [0.25, 0.3) is 0 Å². The van der Waals surface area contributed by atoms with E-state index in [-0.39, 0.29) is 24.2 Å². The highest BCUT2D eigenvalue weighted by molar-refractivity contribution is 5.61. The Morgan fingerprint density at radius 3 is 1.66 bits per heavy atom. The number of hydrogen-bond donors (Lipinski definition) is 5. The first kappa shape index (κ1) is 23.9. The van der Waals surface area contributed by atoms with Gasteiger partial charge in [-0.15, -0.1) is 0 Å². The SMILES string of the molecule is N[C@@H]1C[C@H](N)CN(c2nc(Nc3ccc(N4CCOCC4)cc3)nc(N3C[C@H](N)C[C@H](N)C3)n2)C1. The Balaban J connectivity index is 1.40. The number of benzene rings is 1. The van der Waals surface area contributed by atoms with Crippen LogP contribution in [0.2, 0.25) is 0 Å². The second-order valence-electron chi connectivity index (χ2n) is 9.85. The van der Waals surface area contributed by atoms with Crippen molar-refractivity contribution >= 4 is 29.2 Å². The van der Waals surface area contributed by atoms with Crippen molar-refractivity contribution in [3.63, 3.8) is 0 Å². The number of nitrogens with zero attached hydrogens (tertiary/aromatic N) is 6. The molecule has 0 spiro atoms. The molecule has 0 unspecified atom stereocenters. The Kier molecular flexibility index (Phi) is 7.16. The van der Waals surface area contributed by atoms with Crippen molar-refractivity contribution in [1.29, 1.82) is 0 Å². The Hall–Kier alpha value is -2.77. The van der Waals surface area contributed by atoms with E-state index in [0.717, 1.165) is 44.8 Å². The van der Waals surface area contributed by atoms with Gasteiger partial charge in [0, 0.05) is 74.8 Å². The predicted molar refractivity (Wildman–Crippen MR) is 138 cm³/mol. The van der Waals surface area contributed by atoms with Gasteiger partial charge in [0.1, 0.15) is 0 Å². The number of rotatable bonds is 5. The summed E-state index contributed by atoms with van der Waals surface area (Å²) in [5.41, 5.74) is 27.0. The molecule has 0 amide bonds. The van der Waals surface area contributed by atoms with Crippen LogP contribution >= 0.6 is 0 Å². The zero-order chi connectivity index (χ0) is 24.4. The molecule has 1 aromatic heterocycles. The van der Waals surface area contributed by atoms with Gasteiger partial charge in [-0.1, -0.05) is 0 Å². The fourth-order valence-corrected chi connectivity index (χ4v) is 5.08. The smallest absolute Gasteiger partial charge is 0.233 e. The zero-order valence-electron chi connectivity index (χ0n) is 20.1. The first-order valence-corrected chi connectivity index (χ1v) is 12.4. The standard InChI is InChI=1S/C23H37N11O/c24-15-9-16(25)12-33(11-15)22-29-21(30-23(31-22)34-13-17(26)10-18(27)14-34)28-19-1-3-20(4-2-19)32-5-7-35-8-6-32/h1-4,15-18H,5-14,24-27H2,(H,28,29,30,31)/t15-,16+,17-,18+. The molecule has 35 heavy (non-hydrogen) atoms. The van der Waals surface area contributed by atoms with Crippen molar-refractivity contribution in [3.05, 3.63) is 24.3 Å². The molecular formula is C23H37N11O. The summed E-state index contributed by atoms with van der Waals surface area (Å²) in [4.78, 5) is 20.6. The third kappa shape index (κ3) is 5.90. The van der Waals surface area contributed by atoms with Crippen molar-refractivity contribution in [2.45, 2.75) is 37.0 Å². The third-order valence-electron chi connectivity index (χ3n) is 6.71. The number of piperidine rings is 2. The van der Waals surface area contributed by atoms with E-state index in [1.165, 1.54) is 5.69 Å². The summed E-state index contributed by atoms with van der Waals surface area (Å²) in [5, 5.41) is 3.35. The van der Waals surface area contributed by atoms with Crippen LogP contribution < -0.4 is 43.0 Å². The van der Waals surface area contributed by atoms with Crippen molar-refractivity contribution < 1.29 is 4.74 Å². The maximum atomic E-state index is 6.24. The first-order chi connectivity index (χ1) is 16.9. The molecule has 9 N–H and O–H groups in total. The summed E-state index contributed by atoms with van der Waals surface area (Å²) in [6.07, 6.45) is 1.57. The minimum absolute atomic E-state index is 0.0278. The average Bonchev–Trinajstić information content (AvgIpc) is 2.84. The summed E-state index contributed by atoms with van der Waals surface area (Å²) in [5.74, 6) is 1.58. The molecule has 4 heterocycles. The van der Waals surface area contributed by atoms with E-state index < -0.39 is 0 Å². The molecule has 3 fully saturated rings.